The predicted molar refractivity (Wildman–Crippen MR) is 65.8 cm³/mol. The highest BCUT2D eigenvalue weighted by Gasteiger charge is 2.57. The first-order valence-corrected chi connectivity index (χ1v) is 6.87. The van der Waals surface area contributed by atoms with Crippen LogP contribution >= 0.6 is 0 Å². The highest BCUT2D eigenvalue weighted by atomic mass is 16.7. The molecule has 0 amide bonds. The average Bonchev–Trinajstić information content (AvgIpc) is 2.82. The largest absolute Gasteiger partial charge is 0.396 e. The van der Waals surface area contributed by atoms with Gasteiger partial charge in [0, 0.05) is 18.3 Å². The van der Waals surface area contributed by atoms with E-state index in [1.807, 2.05) is 6.08 Å². The van der Waals surface area contributed by atoms with E-state index in [9.17, 15) is 10.2 Å². The van der Waals surface area contributed by atoms with Crippen LogP contribution < -0.4 is 0 Å². The summed E-state index contributed by atoms with van der Waals surface area (Å²) in [5.41, 5.74) is -0.503. The van der Waals surface area contributed by atoms with E-state index < -0.39 is 17.3 Å². The van der Waals surface area contributed by atoms with Crippen LogP contribution in [0.2, 0.25) is 0 Å². The van der Waals surface area contributed by atoms with Gasteiger partial charge in [-0.25, -0.2) is 0 Å². The number of aliphatic hydroxyl groups excluding tert-OH is 2. The highest BCUT2D eigenvalue weighted by Crippen LogP contribution is 2.55. The van der Waals surface area contributed by atoms with Crippen molar-refractivity contribution in [1.82, 2.24) is 0 Å². The second-order valence-electron chi connectivity index (χ2n) is 6.01. The molecule has 18 heavy (non-hydrogen) atoms. The van der Waals surface area contributed by atoms with Gasteiger partial charge >= 0.3 is 0 Å². The summed E-state index contributed by atoms with van der Waals surface area (Å²) in [6.07, 6.45) is 5.68. The molecule has 1 heterocycles. The fraction of sp³-hybridized carbons (Fsp3) is 0.857. The van der Waals surface area contributed by atoms with E-state index in [2.05, 4.69) is 13.0 Å². The first-order valence-electron chi connectivity index (χ1n) is 6.87. The molecule has 1 saturated carbocycles. The average molecular weight is 254 g/mol. The van der Waals surface area contributed by atoms with Crippen molar-refractivity contribution in [2.75, 3.05) is 19.8 Å². The van der Waals surface area contributed by atoms with Gasteiger partial charge in [0.15, 0.2) is 5.79 Å². The molecule has 102 valence electrons. The number of ether oxygens (including phenoxy) is 2. The van der Waals surface area contributed by atoms with E-state index in [1.165, 1.54) is 0 Å². The summed E-state index contributed by atoms with van der Waals surface area (Å²) in [5, 5.41) is 20.3. The zero-order valence-corrected chi connectivity index (χ0v) is 10.8. The van der Waals surface area contributed by atoms with Gasteiger partial charge < -0.3 is 19.7 Å². The van der Waals surface area contributed by atoms with Crippen molar-refractivity contribution in [3.63, 3.8) is 0 Å². The summed E-state index contributed by atoms with van der Waals surface area (Å²) in [6, 6.07) is 0. The second-order valence-corrected chi connectivity index (χ2v) is 6.01. The van der Waals surface area contributed by atoms with Gasteiger partial charge in [-0.1, -0.05) is 19.1 Å². The van der Waals surface area contributed by atoms with E-state index in [0.717, 1.165) is 12.8 Å². The summed E-state index contributed by atoms with van der Waals surface area (Å²) < 4.78 is 11.5. The summed E-state index contributed by atoms with van der Waals surface area (Å²) in [4.78, 5) is 0. The highest BCUT2D eigenvalue weighted by molar-refractivity contribution is 5.14. The minimum absolute atomic E-state index is 0.0119. The summed E-state index contributed by atoms with van der Waals surface area (Å²) >= 11 is 0. The molecule has 2 aliphatic carbocycles. The smallest absolute Gasteiger partial charge is 0.169 e. The summed E-state index contributed by atoms with van der Waals surface area (Å²) in [7, 11) is 0. The van der Waals surface area contributed by atoms with Gasteiger partial charge in [0.1, 0.15) is 0 Å². The van der Waals surface area contributed by atoms with Crippen LogP contribution in [0.15, 0.2) is 12.2 Å². The van der Waals surface area contributed by atoms with Crippen molar-refractivity contribution in [1.29, 1.82) is 0 Å². The molecule has 1 aliphatic heterocycles. The fourth-order valence-corrected chi connectivity index (χ4v) is 4.11. The Balaban J connectivity index is 1.94. The fourth-order valence-electron chi connectivity index (χ4n) is 4.11. The van der Waals surface area contributed by atoms with Crippen molar-refractivity contribution in [2.45, 2.75) is 38.1 Å². The third-order valence-electron chi connectivity index (χ3n) is 5.10. The van der Waals surface area contributed by atoms with Gasteiger partial charge in [0.2, 0.25) is 0 Å². The first-order chi connectivity index (χ1) is 8.62. The minimum Gasteiger partial charge on any atom is -0.396 e. The molecule has 0 bridgehead atoms. The van der Waals surface area contributed by atoms with Crippen LogP contribution in [-0.4, -0.2) is 41.9 Å². The maximum Gasteiger partial charge on any atom is 0.169 e. The Morgan fingerprint density at radius 1 is 1.28 bits per heavy atom. The molecule has 3 unspecified atom stereocenters. The molecule has 0 radical (unpaired) electrons. The standard InChI is InChI=1S/C14H22O4/c1-10-2-3-12(16)13(9-15)8-14(5-4-11(10)13)17-6-7-18-14/h2-3,10-12,15-16H,4-9H2,1H3/t10?,11?,12?,13-/m0/s1. The number of rotatable bonds is 1. The maximum atomic E-state index is 10.4. The molecule has 2 fully saturated rings. The molecule has 3 aliphatic rings. The monoisotopic (exact) mass is 254 g/mol. The Morgan fingerprint density at radius 2 is 2.00 bits per heavy atom. The Kier molecular flexibility index (Phi) is 3.01. The summed E-state index contributed by atoms with van der Waals surface area (Å²) in [6.45, 7) is 3.38. The lowest BCUT2D eigenvalue weighted by Crippen LogP contribution is -2.57. The van der Waals surface area contributed by atoms with Gasteiger partial charge in [-0.2, -0.15) is 0 Å². The van der Waals surface area contributed by atoms with E-state index in [4.69, 9.17) is 9.47 Å². The van der Waals surface area contributed by atoms with Crippen LogP contribution in [0.5, 0.6) is 0 Å². The van der Waals surface area contributed by atoms with Crippen molar-refractivity contribution in [3.05, 3.63) is 12.2 Å². The van der Waals surface area contributed by atoms with Crippen LogP contribution in [0.25, 0.3) is 0 Å². The van der Waals surface area contributed by atoms with Crippen molar-refractivity contribution in [2.24, 2.45) is 17.3 Å². The second kappa shape index (κ2) is 4.30. The molecule has 2 N–H and O–H groups in total. The molecule has 1 spiro atoms. The first kappa shape index (κ1) is 12.6. The lowest BCUT2D eigenvalue weighted by Gasteiger charge is -2.54. The van der Waals surface area contributed by atoms with E-state index in [-0.39, 0.29) is 6.61 Å². The Hall–Kier alpha value is -0.420. The van der Waals surface area contributed by atoms with Crippen molar-refractivity contribution in [3.8, 4) is 0 Å². The lowest BCUT2D eigenvalue weighted by atomic mass is 9.56. The Bertz CT molecular complexity index is 348. The normalized spacial score (nSPS) is 46.3. The van der Waals surface area contributed by atoms with Crippen LogP contribution in [0.4, 0.5) is 0 Å². The van der Waals surface area contributed by atoms with E-state index >= 15 is 0 Å². The van der Waals surface area contributed by atoms with Crippen LogP contribution in [0.3, 0.4) is 0 Å². The molecule has 0 aromatic heterocycles. The number of fused-ring (bicyclic) bond motifs is 1. The van der Waals surface area contributed by atoms with Gasteiger partial charge in [-0.05, 0) is 18.3 Å². The quantitative estimate of drug-likeness (QED) is 0.687. The third kappa shape index (κ3) is 1.67. The molecule has 0 aromatic carbocycles. The third-order valence-corrected chi connectivity index (χ3v) is 5.10. The van der Waals surface area contributed by atoms with Crippen molar-refractivity contribution < 1.29 is 19.7 Å². The predicted octanol–water partition coefficient (Wildman–Crippen LogP) is 1.08. The molecular formula is C14H22O4. The molecule has 4 heteroatoms. The topological polar surface area (TPSA) is 58.9 Å². The van der Waals surface area contributed by atoms with E-state index in [0.29, 0.717) is 31.5 Å². The maximum absolute atomic E-state index is 10.4. The molecule has 4 nitrogen and oxygen atoms in total. The number of hydrogen-bond acceptors (Lipinski definition) is 4. The number of aliphatic hydroxyl groups is 2. The summed E-state index contributed by atoms with van der Waals surface area (Å²) in [5.74, 6) is 0.130. The molecular weight excluding hydrogens is 232 g/mol. The molecule has 1 saturated heterocycles. The molecule has 4 atom stereocenters. The zero-order valence-electron chi connectivity index (χ0n) is 10.8. The minimum atomic E-state index is -0.603. The van der Waals surface area contributed by atoms with Gasteiger partial charge in [-0.15, -0.1) is 0 Å². The van der Waals surface area contributed by atoms with Crippen LogP contribution in [0.1, 0.15) is 26.2 Å². The SMILES string of the molecule is CC1C=CC(O)[C@]2(CO)CC3(CCC12)OCCO3. The van der Waals surface area contributed by atoms with E-state index in [1.54, 1.807) is 0 Å². The molecule has 3 rings (SSSR count). The zero-order chi connectivity index (χ0) is 12.8. The Labute approximate surface area is 108 Å². The Morgan fingerprint density at radius 3 is 2.67 bits per heavy atom. The van der Waals surface area contributed by atoms with Crippen LogP contribution in [0, 0.1) is 17.3 Å². The van der Waals surface area contributed by atoms with Gasteiger partial charge in [0.25, 0.3) is 0 Å². The molecule has 0 aromatic rings. The van der Waals surface area contributed by atoms with Gasteiger partial charge in [0.05, 0.1) is 25.9 Å². The van der Waals surface area contributed by atoms with Crippen LogP contribution in [-0.2, 0) is 9.47 Å². The lowest BCUT2D eigenvalue weighted by molar-refractivity contribution is -0.238. The number of hydrogen-bond donors (Lipinski definition) is 2. The van der Waals surface area contributed by atoms with Gasteiger partial charge in [-0.3, -0.25) is 0 Å². The number of allylic oxidation sites excluding steroid dienone is 1. The van der Waals surface area contributed by atoms with Crippen molar-refractivity contribution >= 4 is 0 Å².